The Labute approximate surface area is 103 Å². The van der Waals surface area contributed by atoms with E-state index in [4.69, 9.17) is 0 Å². The van der Waals surface area contributed by atoms with Crippen LogP contribution in [0.4, 0.5) is 0 Å². The maximum Gasteiger partial charge on any atom is 0.140 e. The van der Waals surface area contributed by atoms with Crippen LogP contribution in [0, 0.1) is 0 Å². The lowest BCUT2D eigenvalue weighted by atomic mass is 10.2. The molecule has 0 bridgehead atoms. The fourth-order valence-corrected chi connectivity index (χ4v) is 2.44. The van der Waals surface area contributed by atoms with E-state index in [1.807, 2.05) is 24.5 Å². The van der Waals surface area contributed by atoms with E-state index >= 15 is 0 Å². The Morgan fingerprint density at radius 2 is 2.00 bits per heavy atom. The van der Waals surface area contributed by atoms with Crippen LogP contribution in [0.2, 0.25) is 0 Å². The minimum Gasteiger partial charge on any atom is -0.327 e. The molecule has 3 aromatic rings. The van der Waals surface area contributed by atoms with Gasteiger partial charge in [-0.05, 0) is 34.5 Å². The van der Waals surface area contributed by atoms with Crippen LogP contribution in [0.5, 0.6) is 0 Å². The Kier molecular flexibility index (Phi) is 2.71. The lowest BCUT2D eigenvalue weighted by Crippen LogP contribution is -1.99. The van der Waals surface area contributed by atoms with Crippen molar-refractivity contribution in [2.45, 2.75) is 6.54 Å². The number of thiophene rings is 1. The zero-order valence-electron chi connectivity index (χ0n) is 9.15. The molecule has 0 atom stereocenters. The van der Waals surface area contributed by atoms with Gasteiger partial charge in [0.15, 0.2) is 0 Å². The molecule has 0 spiro atoms. The Bertz CT molecular complexity index is 584. The first-order valence-electron chi connectivity index (χ1n) is 5.36. The summed E-state index contributed by atoms with van der Waals surface area (Å²) in [6.45, 7) is 0.862. The van der Waals surface area contributed by atoms with Crippen molar-refractivity contribution < 1.29 is 0 Å². The Balaban J connectivity index is 1.95. The Hall–Kier alpha value is -1.94. The molecule has 0 aliphatic rings. The molecular weight excluding hydrogens is 230 g/mol. The van der Waals surface area contributed by atoms with Crippen LogP contribution in [0.1, 0.15) is 5.56 Å². The van der Waals surface area contributed by atoms with Gasteiger partial charge < -0.3 is 4.57 Å². The predicted octanol–water partition coefficient (Wildman–Crippen LogP) is 3.05. The van der Waals surface area contributed by atoms with E-state index in [1.54, 1.807) is 23.7 Å². The van der Waals surface area contributed by atoms with Gasteiger partial charge in [-0.1, -0.05) is 0 Å². The number of pyridine rings is 1. The second-order valence-corrected chi connectivity index (χ2v) is 4.53. The molecule has 0 saturated carbocycles. The summed E-state index contributed by atoms with van der Waals surface area (Å²) in [7, 11) is 0. The second-order valence-electron chi connectivity index (χ2n) is 3.75. The molecule has 3 heterocycles. The minimum absolute atomic E-state index is 0.862. The van der Waals surface area contributed by atoms with Gasteiger partial charge in [-0.15, -0.1) is 0 Å². The van der Waals surface area contributed by atoms with Crippen molar-refractivity contribution >= 4 is 11.3 Å². The van der Waals surface area contributed by atoms with Gasteiger partial charge in [0.1, 0.15) is 5.82 Å². The van der Waals surface area contributed by atoms with Gasteiger partial charge in [-0.3, -0.25) is 4.98 Å². The van der Waals surface area contributed by atoms with Crippen LogP contribution in [0.3, 0.4) is 0 Å². The standard InChI is InChI=1S/C13H11N3S/c1-4-14-5-2-12(1)13-15-6-7-16(13)9-11-3-8-17-10-11/h1-8,10H,9H2. The van der Waals surface area contributed by atoms with E-state index in [0.29, 0.717) is 0 Å². The molecular formula is C13H11N3S. The lowest BCUT2D eigenvalue weighted by Gasteiger charge is -2.06. The number of rotatable bonds is 3. The molecule has 3 rings (SSSR count). The summed E-state index contributed by atoms with van der Waals surface area (Å²) >= 11 is 1.72. The van der Waals surface area contributed by atoms with Crippen molar-refractivity contribution in [1.29, 1.82) is 0 Å². The molecule has 0 aromatic carbocycles. The van der Waals surface area contributed by atoms with E-state index in [-0.39, 0.29) is 0 Å². The maximum atomic E-state index is 4.41. The molecule has 0 unspecified atom stereocenters. The molecule has 4 heteroatoms. The highest BCUT2D eigenvalue weighted by Gasteiger charge is 2.05. The highest BCUT2D eigenvalue weighted by molar-refractivity contribution is 7.07. The summed E-state index contributed by atoms with van der Waals surface area (Å²) in [4.78, 5) is 8.43. The van der Waals surface area contributed by atoms with E-state index in [0.717, 1.165) is 17.9 Å². The highest BCUT2D eigenvalue weighted by Crippen LogP contribution is 2.18. The third-order valence-corrected chi connectivity index (χ3v) is 3.32. The topological polar surface area (TPSA) is 30.7 Å². The van der Waals surface area contributed by atoms with Gasteiger partial charge in [0, 0.05) is 36.9 Å². The maximum absolute atomic E-state index is 4.41. The third-order valence-electron chi connectivity index (χ3n) is 2.59. The minimum atomic E-state index is 0.862. The second kappa shape index (κ2) is 4.51. The number of hydrogen-bond acceptors (Lipinski definition) is 3. The molecule has 0 amide bonds. The summed E-state index contributed by atoms with van der Waals surface area (Å²) in [6, 6.07) is 6.10. The summed E-state index contributed by atoms with van der Waals surface area (Å²) in [5, 5.41) is 4.26. The van der Waals surface area contributed by atoms with E-state index < -0.39 is 0 Å². The molecule has 3 nitrogen and oxygen atoms in total. The highest BCUT2D eigenvalue weighted by atomic mass is 32.1. The van der Waals surface area contributed by atoms with Gasteiger partial charge in [0.2, 0.25) is 0 Å². The van der Waals surface area contributed by atoms with Crippen molar-refractivity contribution in [3.05, 3.63) is 59.3 Å². The molecule has 84 valence electrons. The van der Waals surface area contributed by atoms with Crippen LogP contribution in [-0.2, 0) is 6.54 Å². The van der Waals surface area contributed by atoms with Crippen LogP contribution in [0.25, 0.3) is 11.4 Å². The number of hydrogen-bond donors (Lipinski definition) is 0. The van der Waals surface area contributed by atoms with Crippen molar-refractivity contribution in [3.63, 3.8) is 0 Å². The molecule has 3 aromatic heterocycles. The third kappa shape index (κ3) is 2.12. The summed E-state index contributed by atoms with van der Waals surface area (Å²) < 4.78 is 2.15. The normalized spacial score (nSPS) is 10.6. The molecule has 0 N–H and O–H groups in total. The average molecular weight is 241 g/mol. The summed E-state index contributed by atoms with van der Waals surface area (Å²) in [6.07, 6.45) is 7.42. The zero-order chi connectivity index (χ0) is 11.5. The van der Waals surface area contributed by atoms with Gasteiger partial charge in [-0.25, -0.2) is 4.98 Å². The fourth-order valence-electron chi connectivity index (χ4n) is 1.78. The van der Waals surface area contributed by atoms with Gasteiger partial charge in [0.05, 0.1) is 0 Å². The lowest BCUT2D eigenvalue weighted by molar-refractivity contribution is 0.810. The first kappa shape index (κ1) is 10.2. The van der Waals surface area contributed by atoms with E-state index in [9.17, 15) is 0 Å². The van der Waals surface area contributed by atoms with Crippen molar-refractivity contribution in [2.75, 3.05) is 0 Å². The molecule has 0 saturated heterocycles. The van der Waals surface area contributed by atoms with Crippen molar-refractivity contribution in [2.24, 2.45) is 0 Å². The average Bonchev–Trinajstić information content (AvgIpc) is 3.02. The summed E-state index contributed by atoms with van der Waals surface area (Å²) in [5.41, 5.74) is 2.41. The summed E-state index contributed by atoms with van der Waals surface area (Å²) in [5.74, 6) is 0.985. The molecule has 0 radical (unpaired) electrons. The number of imidazole rings is 1. The van der Waals surface area contributed by atoms with Crippen LogP contribution >= 0.6 is 11.3 Å². The molecule has 17 heavy (non-hydrogen) atoms. The molecule has 0 aliphatic carbocycles. The van der Waals surface area contributed by atoms with Gasteiger partial charge in [-0.2, -0.15) is 11.3 Å². The van der Waals surface area contributed by atoms with Crippen LogP contribution < -0.4 is 0 Å². The van der Waals surface area contributed by atoms with E-state index in [1.165, 1.54) is 5.56 Å². The largest absolute Gasteiger partial charge is 0.327 e. The van der Waals surface area contributed by atoms with Crippen molar-refractivity contribution in [3.8, 4) is 11.4 Å². The van der Waals surface area contributed by atoms with Gasteiger partial charge in [0.25, 0.3) is 0 Å². The smallest absolute Gasteiger partial charge is 0.140 e. The predicted molar refractivity (Wildman–Crippen MR) is 68.9 cm³/mol. The Morgan fingerprint density at radius 3 is 2.76 bits per heavy atom. The molecule has 0 fully saturated rings. The SMILES string of the molecule is c1cc(-c2nccn2Cc2ccsc2)ccn1. The van der Waals surface area contributed by atoms with E-state index in [2.05, 4.69) is 31.4 Å². The quantitative estimate of drug-likeness (QED) is 0.705. The number of aromatic nitrogens is 3. The first-order chi connectivity index (χ1) is 8.43. The number of nitrogens with zero attached hydrogens (tertiary/aromatic N) is 3. The van der Waals surface area contributed by atoms with Crippen LogP contribution in [0.15, 0.2) is 53.7 Å². The monoisotopic (exact) mass is 241 g/mol. The van der Waals surface area contributed by atoms with Gasteiger partial charge >= 0.3 is 0 Å². The molecule has 0 aliphatic heterocycles. The fraction of sp³-hybridized carbons (Fsp3) is 0.0769. The zero-order valence-corrected chi connectivity index (χ0v) is 9.97. The van der Waals surface area contributed by atoms with Crippen LogP contribution in [-0.4, -0.2) is 14.5 Å². The van der Waals surface area contributed by atoms with Crippen molar-refractivity contribution in [1.82, 2.24) is 14.5 Å². The first-order valence-corrected chi connectivity index (χ1v) is 6.30. The Morgan fingerprint density at radius 1 is 1.12 bits per heavy atom.